The van der Waals surface area contributed by atoms with Gasteiger partial charge in [-0.2, -0.15) is 0 Å². The molecule has 0 aliphatic carbocycles. The molecule has 1 N–H and O–H groups in total. The van der Waals surface area contributed by atoms with Gasteiger partial charge in [-0.25, -0.2) is 4.99 Å². The van der Waals surface area contributed by atoms with Crippen molar-refractivity contribution < 1.29 is 9.53 Å². The van der Waals surface area contributed by atoms with Crippen molar-refractivity contribution in [2.45, 2.75) is 32.6 Å². The number of likely N-dealkylation sites (N-methyl/N-ethyl adjacent to an activating group) is 1. The van der Waals surface area contributed by atoms with Crippen molar-refractivity contribution in [2.24, 2.45) is 10.9 Å². The van der Waals surface area contributed by atoms with Gasteiger partial charge in [0, 0.05) is 47.4 Å². The molecule has 0 spiro atoms. The van der Waals surface area contributed by atoms with Crippen molar-refractivity contribution in [3.8, 4) is 0 Å². The predicted octanol–water partition coefficient (Wildman–Crippen LogP) is 1.18. The molecule has 6 heteroatoms. The molecular weight excluding hydrogens is 280 g/mol. The molecule has 1 fully saturated rings. The van der Waals surface area contributed by atoms with E-state index in [1.807, 2.05) is 7.05 Å². The van der Waals surface area contributed by atoms with Gasteiger partial charge in [-0.15, -0.1) is 0 Å². The molecule has 0 atom stereocenters. The second-order valence-corrected chi connectivity index (χ2v) is 6.14. The molecule has 22 heavy (non-hydrogen) atoms. The summed E-state index contributed by atoms with van der Waals surface area (Å²) in [4.78, 5) is 20.0. The van der Waals surface area contributed by atoms with Gasteiger partial charge in [0.1, 0.15) is 6.54 Å². The quantitative estimate of drug-likeness (QED) is 0.436. The molecular formula is C16H32N4O2. The van der Waals surface area contributed by atoms with Crippen molar-refractivity contribution >= 4 is 11.9 Å². The fraction of sp³-hybridized carbons (Fsp3) is 0.875. The maximum absolute atomic E-state index is 11.7. The predicted molar refractivity (Wildman–Crippen MR) is 90.1 cm³/mol. The van der Waals surface area contributed by atoms with Crippen LogP contribution in [-0.2, 0) is 9.53 Å². The maximum atomic E-state index is 11.7. The number of carbonyl (C=O) groups excluding carboxylic acids is 1. The molecule has 0 saturated carbocycles. The molecule has 0 radical (unpaired) electrons. The number of nitrogens with zero attached hydrogens (tertiary/aromatic N) is 3. The molecule has 6 nitrogen and oxygen atoms in total. The van der Waals surface area contributed by atoms with E-state index in [0.29, 0.717) is 5.92 Å². The summed E-state index contributed by atoms with van der Waals surface area (Å²) in [7, 11) is 5.56. The summed E-state index contributed by atoms with van der Waals surface area (Å²) in [6.45, 7) is 5.92. The first-order chi connectivity index (χ1) is 10.5. The zero-order chi connectivity index (χ0) is 16.4. The number of nitrogens with one attached hydrogen (secondary N) is 1. The van der Waals surface area contributed by atoms with Gasteiger partial charge in [0.25, 0.3) is 0 Å². The van der Waals surface area contributed by atoms with E-state index in [0.717, 1.165) is 57.9 Å². The number of amides is 1. The highest BCUT2D eigenvalue weighted by Crippen LogP contribution is 2.15. The topological polar surface area (TPSA) is 57.2 Å². The van der Waals surface area contributed by atoms with Crippen LogP contribution >= 0.6 is 0 Å². The van der Waals surface area contributed by atoms with E-state index in [1.165, 1.54) is 0 Å². The minimum Gasteiger partial charge on any atom is -0.381 e. The SMILES string of the molecule is CCCCNC(=NCC(=O)N(C)C)N(C)CC1CCOCC1. The lowest BCUT2D eigenvalue weighted by atomic mass is 10.00. The molecule has 128 valence electrons. The summed E-state index contributed by atoms with van der Waals surface area (Å²) in [5.74, 6) is 1.49. The van der Waals surface area contributed by atoms with Crippen molar-refractivity contribution in [1.82, 2.24) is 15.1 Å². The number of hydrogen-bond acceptors (Lipinski definition) is 3. The number of rotatable bonds is 7. The standard InChI is InChI=1S/C16H32N4O2/c1-5-6-9-17-16(18-12-15(21)19(2)3)20(4)13-14-7-10-22-11-8-14/h14H,5-13H2,1-4H3,(H,17,18). The van der Waals surface area contributed by atoms with E-state index in [-0.39, 0.29) is 12.5 Å². The fourth-order valence-corrected chi connectivity index (χ4v) is 2.38. The molecule has 1 heterocycles. The van der Waals surface area contributed by atoms with Crippen molar-refractivity contribution in [1.29, 1.82) is 0 Å². The number of hydrogen-bond donors (Lipinski definition) is 1. The second-order valence-electron chi connectivity index (χ2n) is 6.14. The molecule has 1 aliphatic rings. The summed E-state index contributed by atoms with van der Waals surface area (Å²) < 4.78 is 5.41. The van der Waals surface area contributed by atoms with Crippen LogP contribution in [0.3, 0.4) is 0 Å². The molecule has 0 aromatic rings. The van der Waals surface area contributed by atoms with Crippen LogP contribution in [0, 0.1) is 5.92 Å². The lowest BCUT2D eigenvalue weighted by molar-refractivity contribution is -0.127. The molecule has 1 saturated heterocycles. The Morgan fingerprint density at radius 2 is 1.95 bits per heavy atom. The molecule has 0 bridgehead atoms. The van der Waals surface area contributed by atoms with E-state index >= 15 is 0 Å². The Hall–Kier alpha value is -1.30. The van der Waals surface area contributed by atoms with Crippen LogP contribution in [-0.4, -0.2) is 75.7 Å². The lowest BCUT2D eigenvalue weighted by Crippen LogP contribution is -2.43. The largest absolute Gasteiger partial charge is 0.381 e. The normalized spacial score (nSPS) is 16.5. The van der Waals surface area contributed by atoms with E-state index in [4.69, 9.17) is 4.74 Å². The van der Waals surface area contributed by atoms with E-state index in [9.17, 15) is 4.79 Å². The minimum absolute atomic E-state index is 0.0225. The summed E-state index contributed by atoms with van der Waals surface area (Å²) >= 11 is 0. The molecule has 1 rings (SSSR count). The zero-order valence-electron chi connectivity index (χ0n) is 14.6. The number of unbranched alkanes of at least 4 members (excludes halogenated alkanes) is 1. The van der Waals surface area contributed by atoms with Gasteiger partial charge in [-0.1, -0.05) is 13.3 Å². The third-order valence-electron chi connectivity index (χ3n) is 3.91. The van der Waals surface area contributed by atoms with Gasteiger partial charge >= 0.3 is 0 Å². The van der Waals surface area contributed by atoms with Gasteiger partial charge in [0.2, 0.25) is 5.91 Å². The first kappa shape index (κ1) is 18.7. The minimum atomic E-state index is 0.0225. The number of ether oxygens (including phenoxy) is 1. The van der Waals surface area contributed by atoms with Gasteiger partial charge in [-0.3, -0.25) is 4.79 Å². The monoisotopic (exact) mass is 312 g/mol. The lowest BCUT2D eigenvalue weighted by Gasteiger charge is -2.29. The fourth-order valence-electron chi connectivity index (χ4n) is 2.38. The van der Waals surface area contributed by atoms with Crippen LogP contribution in [0.4, 0.5) is 0 Å². The average Bonchev–Trinajstić information content (AvgIpc) is 2.51. The van der Waals surface area contributed by atoms with Gasteiger partial charge in [0.05, 0.1) is 0 Å². The Labute approximate surface area is 134 Å². The Kier molecular flexibility index (Phi) is 8.89. The van der Waals surface area contributed by atoms with Crippen LogP contribution in [0.1, 0.15) is 32.6 Å². The third kappa shape index (κ3) is 7.11. The highest BCUT2D eigenvalue weighted by atomic mass is 16.5. The second kappa shape index (κ2) is 10.4. The Balaban J connectivity index is 2.57. The summed E-state index contributed by atoms with van der Waals surface area (Å²) in [6.07, 6.45) is 4.44. The van der Waals surface area contributed by atoms with Crippen molar-refractivity contribution in [2.75, 3.05) is 54.0 Å². The van der Waals surface area contributed by atoms with Crippen LogP contribution in [0.2, 0.25) is 0 Å². The Bertz CT molecular complexity index is 352. The maximum Gasteiger partial charge on any atom is 0.243 e. The molecule has 1 aliphatic heterocycles. The average molecular weight is 312 g/mol. The summed E-state index contributed by atoms with van der Waals surface area (Å²) in [5, 5.41) is 3.38. The number of carbonyl (C=O) groups is 1. The molecule has 0 aromatic heterocycles. The van der Waals surface area contributed by atoms with Crippen LogP contribution < -0.4 is 5.32 Å². The van der Waals surface area contributed by atoms with Gasteiger partial charge in [0.15, 0.2) is 5.96 Å². The highest BCUT2D eigenvalue weighted by molar-refractivity contribution is 5.84. The third-order valence-corrected chi connectivity index (χ3v) is 3.91. The highest BCUT2D eigenvalue weighted by Gasteiger charge is 2.18. The Morgan fingerprint density at radius 3 is 2.55 bits per heavy atom. The first-order valence-corrected chi connectivity index (χ1v) is 8.32. The molecule has 1 amide bonds. The van der Waals surface area contributed by atoms with Crippen LogP contribution in [0.25, 0.3) is 0 Å². The number of guanidine groups is 1. The van der Waals surface area contributed by atoms with Crippen molar-refractivity contribution in [3.05, 3.63) is 0 Å². The summed E-state index contributed by atoms with van der Waals surface area (Å²) in [5.41, 5.74) is 0. The molecule has 0 unspecified atom stereocenters. The van der Waals surface area contributed by atoms with Gasteiger partial charge in [-0.05, 0) is 25.2 Å². The zero-order valence-corrected chi connectivity index (χ0v) is 14.6. The van der Waals surface area contributed by atoms with Crippen LogP contribution in [0.15, 0.2) is 4.99 Å². The first-order valence-electron chi connectivity index (χ1n) is 8.32. The van der Waals surface area contributed by atoms with E-state index in [2.05, 4.69) is 22.1 Å². The Morgan fingerprint density at radius 1 is 1.27 bits per heavy atom. The van der Waals surface area contributed by atoms with Crippen molar-refractivity contribution in [3.63, 3.8) is 0 Å². The van der Waals surface area contributed by atoms with E-state index < -0.39 is 0 Å². The number of aliphatic imine (C=N–C) groups is 1. The summed E-state index contributed by atoms with van der Waals surface area (Å²) in [6, 6.07) is 0. The van der Waals surface area contributed by atoms with Crippen LogP contribution in [0.5, 0.6) is 0 Å². The van der Waals surface area contributed by atoms with E-state index in [1.54, 1.807) is 19.0 Å². The van der Waals surface area contributed by atoms with Gasteiger partial charge < -0.3 is 19.9 Å². The molecule has 0 aromatic carbocycles. The smallest absolute Gasteiger partial charge is 0.243 e.